The molecule has 0 unspecified atom stereocenters. The Morgan fingerprint density at radius 3 is 2.51 bits per heavy atom. The van der Waals surface area contributed by atoms with Crippen LogP contribution in [0.5, 0.6) is 0 Å². The second-order valence-corrected chi connectivity index (χ2v) is 11.0. The highest BCUT2D eigenvalue weighted by Crippen LogP contribution is 2.30. The van der Waals surface area contributed by atoms with Crippen LogP contribution < -0.4 is 10.5 Å². The van der Waals surface area contributed by atoms with Crippen molar-refractivity contribution in [2.24, 2.45) is 0 Å². The highest BCUT2D eigenvalue weighted by atomic mass is 32.2. The Morgan fingerprint density at radius 1 is 1.00 bits per heavy atom. The number of carbonyl (C=O) groups is 1. The lowest BCUT2D eigenvalue weighted by Crippen LogP contribution is -2.39. The number of aryl methyl sites for hydroxylation is 1. The molecular weight excluding hydrogens is 464 g/mol. The van der Waals surface area contributed by atoms with Gasteiger partial charge in [0.05, 0.1) is 10.6 Å². The van der Waals surface area contributed by atoms with Crippen LogP contribution in [0.4, 0.5) is 5.69 Å². The van der Waals surface area contributed by atoms with Crippen LogP contribution in [0, 0.1) is 6.92 Å². The normalized spacial score (nSPS) is 16.9. The van der Waals surface area contributed by atoms with Crippen molar-refractivity contribution >= 4 is 21.6 Å². The van der Waals surface area contributed by atoms with Gasteiger partial charge in [0.1, 0.15) is 6.04 Å². The average Bonchev–Trinajstić information content (AvgIpc) is 3.55. The summed E-state index contributed by atoms with van der Waals surface area (Å²) in [7, 11) is -3.61. The van der Waals surface area contributed by atoms with Gasteiger partial charge in [0, 0.05) is 37.0 Å². The Hall–Kier alpha value is -3.30. The molecule has 3 heterocycles. The van der Waals surface area contributed by atoms with Crippen molar-refractivity contribution in [3.8, 4) is 11.3 Å². The predicted molar refractivity (Wildman–Crippen MR) is 134 cm³/mol. The van der Waals surface area contributed by atoms with Crippen molar-refractivity contribution in [1.29, 1.82) is 0 Å². The van der Waals surface area contributed by atoms with E-state index in [9.17, 15) is 18.0 Å². The summed E-state index contributed by atoms with van der Waals surface area (Å²) >= 11 is 0. The van der Waals surface area contributed by atoms with Crippen molar-refractivity contribution in [3.63, 3.8) is 0 Å². The van der Waals surface area contributed by atoms with E-state index in [4.69, 9.17) is 0 Å². The number of amides is 1. The number of carbonyl (C=O) groups excluding carboxylic acids is 1. The monoisotopic (exact) mass is 492 g/mol. The average molecular weight is 493 g/mol. The molecule has 8 nitrogen and oxygen atoms in total. The van der Waals surface area contributed by atoms with E-state index < -0.39 is 16.1 Å². The number of fused-ring (bicyclic) bond motifs is 1. The standard InChI is InChI=1S/C26H28N4O4S/c1-18-9-10-21(17-24(18)35(33,34)28-14-5-6-15-28)22-11-12-25(31)30(27-22)19(2)26(32)29-16-13-20-7-3-4-8-23(20)29/h3-4,7-12,17,19H,5-6,13-16H2,1-2H3/t19-/m0/s1. The number of anilines is 1. The van der Waals surface area contributed by atoms with Crippen molar-refractivity contribution in [2.45, 2.75) is 44.0 Å². The van der Waals surface area contributed by atoms with Gasteiger partial charge in [-0.15, -0.1) is 0 Å². The molecule has 0 radical (unpaired) electrons. The fourth-order valence-corrected chi connectivity index (χ4v) is 6.63. The first-order chi connectivity index (χ1) is 16.8. The Morgan fingerprint density at radius 2 is 1.74 bits per heavy atom. The summed E-state index contributed by atoms with van der Waals surface area (Å²) in [6.07, 6.45) is 2.49. The molecule has 182 valence electrons. The molecule has 1 atom stereocenters. The third-order valence-corrected chi connectivity index (χ3v) is 8.91. The number of hydrogen-bond donors (Lipinski definition) is 0. The summed E-state index contributed by atoms with van der Waals surface area (Å²) in [4.78, 5) is 28.0. The molecule has 35 heavy (non-hydrogen) atoms. The number of benzene rings is 2. The number of sulfonamides is 1. The van der Waals surface area contributed by atoms with Gasteiger partial charge in [-0.2, -0.15) is 9.40 Å². The van der Waals surface area contributed by atoms with Gasteiger partial charge < -0.3 is 4.90 Å². The summed E-state index contributed by atoms with van der Waals surface area (Å²) in [5.41, 5.74) is 3.25. The van der Waals surface area contributed by atoms with Gasteiger partial charge in [-0.05, 0) is 62.4 Å². The Bertz CT molecular complexity index is 1460. The SMILES string of the molecule is Cc1ccc(-c2ccc(=O)n([C@@H](C)C(=O)N3CCc4ccccc43)n2)cc1S(=O)(=O)N1CCCC1. The van der Waals surface area contributed by atoms with Crippen LogP contribution in [0.15, 0.2) is 64.3 Å². The van der Waals surface area contributed by atoms with Crippen LogP contribution in [0.2, 0.25) is 0 Å². The molecule has 2 aromatic carbocycles. The Balaban J connectivity index is 1.48. The minimum absolute atomic E-state index is 0.206. The molecule has 1 fully saturated rings. The van der Waals surface area contributed by atoms with Gasteiger partial charge in [0.2, 0.25) is 10.0 Å². The number of aromatic nitrogens is 2. The predicted octanol–water partition coefficient (Wildman–Crippen LogP) is 3.15. The summed E-state index contributed by atoms with van der Waals surface area (Å²) in [5, 5.41) is 4.49. The van der Waals surface area contributed by atoms with Crippen LogP contribution >= 0.6 is 0 Å². The van der Waals surface area contributed by atoms with Crippen molar-refractivity contribution in [2.75, 3.05) is 24.5 Å². The van der Waals surface area contributed by atoms with Gasteiger partial charge in [-0.3, -0.25) is 9.59 Å². The van der Waals surface area contributed by atoms with Crippen LogP contribution in [-0.2, 0) is 21.2 Å². The number of para-hydroxylation sites is 1. The van der Waals surface area contributed by atoms with Gasteiger partial charge in [-0.1, -0.05) is 30.3 Å². The molecule has 0 saturated carbocycles. The van der Waals surface area contributed by atoms with Crippen LogP contribution in [0.1, 0.15) is 36.9 Å². The van der Waals surface area contributed by atoms with Gasteiger partial charge >= 0.3 is 0 Å². The minimum Gasteiger partial charge on any atom is -0.310 e. The first kappa shape index (κ1) is 23.4. The quantitative estimate of drug-likeness (QED) is 0.546. The first-order valence-electron chi connectivity index (χ1n) is 11.9. The van der Waals surface area contributed by atoms with E-state index in [2.05, 4.69) is 5.10 Å². The molecule has 2 aliphatic rings. The highest BCUT2D eigenvalue weighted by Gasteiger charge is 2.31. The molecule has 3 aromatic rings. The zero-order valence-corrected chi connectivity index (χ0v) is 20.7. The first-order valence-corrected chi connectivity index (χ1v) is 13.3. The molecule has 5 rings (SSSR count). The summed E-state index contributed by atoms with van der Waals surface area (Å²) in [6, 6.07) is 15.0. The summed E-state index contributed by atoms with van der Waals surface area (Å²) < 4.78 is 29.1. The smallest absolute Gasteiger partial charge is 0.267 e. The van der Waals surface area contributed by atoms with E-state index in [1.807, 2.05) is 24.3 Å². The molecule has 0 aliphatic carbocycles. The minimum atomic E-state index is -3.61. The summed E-state index contributed by atoms with van der Waals surface area (Å²) in [6.45, 7) is 5.05. The number of hydrogen-bond acceptors (Lipinski definition) is 5. The lowest BCUT2D eigenvalue weighted by atomic mass is 10.1. The molecule has 0 spiro atoms. The Labute approximate surface area is 204 Å². The largest absolute Gasteiger partial charge is 0.310 e. The highest BCUT2D eigenvalue weighted by molar-refractivity contribution is 7.89. The molecule has 9 heteroatoms. The van der Waals surface area contributed by atoms with Gasteiger partial charge in [0.15, 0.2) is 0 Å². The maximum atomic E-state index is 13.3. The number of nitrogens with zero attached hydrogens (tertiary/aromatic N) is 4. The van der Waals surface area contributed by atoms with Crippen molar-refractivity contribution in [1.82, 2.24) is 14.1 Å². The van der Waals surface area contributed by atoms with Crippen molar-refractivity contribution in [3.05, 3.63) is 76.1 Å². The molecule has 0 bridgehead atoms. The zero-order chi connectivity index (χ0) is 24.7. The zero-order valence-electron chi connectivity index (χ0n) is 19.8. The van der Waals surface area contributed by atoms with E-state index in [0.717, 1.165) is 30.5 Å². The lowest BCUT2D eigenvalue weighted by Gasteiger charge is -2.22. The fourth-order valence-electron chi connectivity index (χ4n) is 4.86. The maximum Gasteiger partial charge on any atom is 0.267 e. The maximum absolute atomic E-state index is 13.3. The topological polar surface area (TPSA) is 92.6 Å². The number of rotatable bonds is 5. The van der Waals surface area contributed by atoms with Crippen LogP contribution in [0.25, 0.3) is 11.3 Å². The van der Waals surface area contributed by atoms with Crippen LogP contribution in [0.3, 0.4) is 0 Å². The van der Waals surface area contributed by atoms with E-state index in [0.29, 0.717) is 36.5 Å². The van der Waals surface area contributed by atoms with E-state index in [1.165, 1.54) is 15.1 Å². The second kappa shape index (κ2) is 9.05. The van der Waals surface area contributed by atoms with Gasteiger partial charge in [0.25, 0.3) is 11.5 Å². The molecule has 1 saturated heterocycles. The van der Waals surface area contributed by atoms with E-state index in [-0.39, 0.29) is 16.4 Å². The third kappa shape index (κ3) is 4.19. The molecule has 2 aliphatic heterocycles. The third-order valence-electron chi connectivity index (χ3n) is 6.87. The molecular formula is C26H28N4O4S. The van der Waals surface area contributed by atoms with Crippen molar-refractivity contribution < 1.29 is 13.2 Å². The van der Waals surface area contributed by atoms with Crippen LogP contribution in [-0.4, -0.2) is 48.0 Å². The summed E-state index contributed by atoms with van der Waals surface area (Å²) in [5.74, 6) is -0.206. The van der Waals surface area contributed by atoms with E-state index in [1.54, 1.807) is 43.0 Å². The molecule has 1 amide bonds. The fraction of sp³-hybridized carbons (Fsp3) is 0.346. The lowest BCUT2D eigenvalue weighted by molar-refractivity contribution is -0.121. The van der Waals surface area contributed by atoms with E-state index >= 15 is 0 Å². The molecule has 0 N–H and O–H groups in total. The Kier molecular flexibility index (Phi) is 6.06. The van der Waals surface area contributed by atoms with Gasteiger partial charge in [-0.25, -0.2) is 13.1 Å². The molecule has 1 aromatic heterocycles. The second-order valence-electron chi connectivity index (χ2n) is 9.14.